The summed E-state index contributed by atoms with van der Waals surface area (Å²) in [5.41, 5.74) is 3.82. The van der Waals surface area contributed by atoms with Crippen molar-refractivity contribution in [2.75, 3.05) is 6.61 Å². The van der Waals surface area contributed by atoms with Gasteiger partial charge in [-0.05, 0) is 24.1 Å². The summed E-state index contributed by atoms with van der Waals surface area (Å²) in [6.45, 7) is 3.76. The molecule has 0 saturated heterocycles. The van der Waals surface area contributed by atoms with Crippen LogP contribution in [0.4, 0.5) is 0 Å². The van der Waals surface area contributed by atoms with E-state index in [4.69, 9.17) is 10.6 Å². The summed E-state index contributed by atoms with van der Waals surface area (Å²) in [4.78, 5) is 0. The molecule has 1 aromatic rings. The molecule has 1 rings (SSSR count). The Labute approximate surface area is 130 Å². The van der Waals surface area contributed by atoms with E-state index in [9.17, 15) is 0 Å². The molecule has 1 aromatic carbocycles. The summed E-state index contributed by atoms with van der Waals surface area (Å²) in [5, 5.41) is 0. The summed E-state index contributed by atoms with van der Waals surface area (Å²) >= 11 is 0. The van der Waals surface area contributed by atoms with Gasteiger partial charge in [-0.15, -0.1) is 0 Å². The lowest BCUT2D eigenvalue weighted by atomic mass is 10.1. The molecular formula is C18H32N2O. The van der Waals surface area contributed by atoms with Crippen molar-refractivity contribution in [2.45, 2.75) is 71.3 Å². The molecule has 120 valence electrons. The largest absolute Gasteiger partial charge is 0.494 e. The Morgan fingerprint density at radius 2 is 1.62 bits per heavy atom. The lowest BCUT2D eigenvalue weighted by Crippen LogP contribution is -2.20. The molecule has 0 spiro atoms. The molecule has 0 unspecified atom stereocenters. The van der Waals surface area contributed by atoms with Gasteiger partial charge in [-0.3, -0.25) is 11.3 Å². The van der Waals surface area contributed by atoms with Gasteiger partial charge in [-0.2, -0.15) is 0 Å². The molecule has 3 nitrogen and oxygen atoms in total. The maximum Gasteiger partial charge on any atom is 0.119 e. The van der Waals surface area contributed by atoms with Crippen LogP contribution in [-0.4, -0.2) is 6.61 Å². The van der Waals surface area contributed by atoms with Gasteiger partial charge in [0.25, 0.3) is 0 Å². The molecule has 0 aliphatic rings. The van der Waals surface area contributed by atoms with E-state index in [0.717, 1.165) is 24.3 Å². The van der Waals surface area contributed by atoms with Crippen LogP contribution in [0.2, 0.25) is 0 Å². The maximum atomic E-state index is 5.78. The molecule has 0 heterocycles. The monoisotopic (exact) mass is 292 g/mol. The fourth-order valence-corrected chi connectivity index (χ4v) is 2.47. The van der Waals surface area contributed by atoms with Gasteiger partial charge in [0.15, 0.2) is 0 Å². The van der Waals surface area contributed by atoms with Crippen LogP contribution in [0.5, 0.6) is 5.75 Å². The van der Waals surface area contributed by atoms with Gasteiger partial charge in [0.2, 0.25) is 0 Å². The summed E-state index contributed by atoms with van der Waals surface area (Å²) in [5.74, 6) is 6.27. The molecule has 0 bridgehead atoms. The molecule has 3 heteroatoms. The second kappa shape index (κ2) is 12.7. The van der Waals surface area contributed by atoms with Gasteiger partial charge in [-0.1, -0.05) is 70.4 Å². The first-order valence-corrected chi connectivity index (χ1v) is 8.52. The van der Waals surface area contributed by atoms with Gasteiger partial charge in [0.1, 0.15) is 5.75 Å². The molecule has 21 heavy (non-hydrogen) atoms. The third kappa shape index (κ3) is 9.48. The van der Waals surface area contributed by atoms with Crippen molar-refractivity contribution in [3.05, 3.63) is 29.8 Å². The zero-order chi connectivity index (χ0) is 15.2. The first-order chi connectivity index (χ1) is 10.4. The minimum atomic E-state index is 0.676. The number of benzene rings is 1. The number of hydrogen-bond acceptors (Lipinski definition) is 3. The molecule has 0 aromatic heterocycles. The predicted octanol–water partition coefficient (Wildman–Crippen LogP) is 4.56. The van der Waals surface area contributed by atoms with Crippen LogP contribution in [0.3, 0.4) is 0 Å². The Hall–Kier alpha value is -1.06. The molecule has 0 aliphatic heterocycles. The van der Waals surface area contributed by atoms with Gasteiger partial charge >= 0.3 is 0 Å². The number of nitrogens with two attached hydrogens (primary N) is 1. The second-order valence-corrected chi connectivity index (χ2v) is 5.71. The normalized spacial score (nSPS) is 10.8. The zero-order valence-electron chi connectivity index (χ0n) is 13.6. The highest BCUT2D eigenvalue weighted by Gasteiger charge is 1.97. The van der Waals surface area contributed by atoms with E-state index >= 15 is 0 Å². The highest BCUT2D eigenvalue weighted by molar-refractivity contribution is 5.28. The standard InChI is InChI=1S/C18H32N2O/c1-2-3-4-5-6-7-8-9-10-14-21-18-13-11-12-17(15-18)16-20-19/h11-13,15,20H,2-10,14,16,19H2,1H3. The molecule has 3 N–H and O–H groups in total. The molecular weight excluding hydrogens is 260 g/mol. The molecule has 0 saturated carbocycles. The minimum absolute atomic E-state index is 0.676. The van der Waals surface area contributed by atoms with Crippen LogP contribution in [0.15, 0.2) is 24.3 Å². The minimum Gasteiger partial charge on any atom is -0.494 e. The van der Waals surface area contributed by atoms with Crippen molar-refractivity contribution in [1.82, 2.24) is 5.43 Å². The molecule has 0 radical (unpaired) electrons. The fraction of sp³-hybridized carbons (Fsp3) is 0.667. The lowest BCUT2D eigenvalue weighted by Gasteiger charge is -2.08. The SMILES string of the molecule is CCCCCCCCCCCOc1cccc(CNN)c1. The van der Waals surface area contributed by atoms with Gasteiger partial charge < -0.3 is 4.74 Å². The van der Waals surface area contributed by atoms with E-state index in [2.05, 4.69) is 12.3 Å². The smallest absolute Gasteiger partial charge is 0.119 e. The summed E-state index contributed by atoms with van der Waals surface area (Å²) in [7, 11) is 0. The third-order valence-electron chi connectivity index (χ3n) is 3.72. The number of hydrogen-bond donors (Lipinski definition) is 2. The van der Waals surface area contributed by atoms with Crippen LogP contribution < -0.4 is 16.0 Å². The highest BCUT2D eigenvalue weighted by atomic mass is 16.5. The fourth-order valence-electron chi connectivity index (χ4n) is 2.47. The summed E-state index contributed by atoms with van der Waals surface area (Å²) in [6, 6.07) is 8.12. The highest BCUT2D eigenvalue weighted by Crippen LogP contribution is 2.14. The van der Waals surface area contributed by atoms with Crippen molar-refractivity contribution < 1.29 is 4.74 Å². The van der Waals surface area contributed by atoms with Crippen molar-refractivity contribution in [3.8, 4) is 5.75 Å². The number of unbranched alkanes of at least 4 members (excludes halogenated alkanes) is 8. The Morgan fingerprint density at radius 1 is 0.952 bits per heavy atom. The number of ether oxygens (including phenoxy) is 1. The summed E-state index contributed by atoms with van der Waals surface area (Å²) < 4.78 is 5.78. The summed E-state index contributed by atoms with van der Waals surface area (Å²) in [6.07, 6.45) is 12.1. The van der Waals surface area contributed by atoms with E-state index in [0.29, 0.717) is 6.54 Å². The van der Waals surface area contributed by atoms with E-state index in [-0.39, 0.29) is 0 Å². The first kappa shape index (κ1) is 18.0. The molecule has 0 fully saturated rings. The van der Waals surface area contributed by atoms with Crippen molar-refractivity contribution in [2.24, 2.45) is 5.84 Å². The van der Waals surface area contributed by atoms with E-state index < -0.39 is 0 Å². The van der Waals surface area contributed by atoms with E-state index in [1.807, 2.05) is 24.3 Å². The Kier molecular flexibility index (Phi) is 10.8. The Morgan fingerprint density at radius 3 is 2.29 bits per heavy atom. The lowest BCUT2D eigenvalue weighted by molar-refractivity contribution is 0.304. The second-order valence-electron chi connectivity index (χ2n) is 5.71. The predicted molar refractivity (Wildman–Crippen MR) is 90.2 cm³/mol. The number of rotatable bonds is 13. The molecule has 0 aliphatic carbocycles. The van der Waals surface area contributed by atoms with Crippen LogP contribution in [0, 0.1) is 0 Å². The average molecular weight is 292 g/mol. The quantitative estimate of drug-likeness (QED) is 0.318. The van der Waals surface area contributed by atoms with Gasteiger partial charge in [-0.25, -0.2) is 0 Å². The maximum absolute atomic E-state index is 5.78. The van der Waals surface area contributed by atoms with Crippen molar-refractivity contribution in [1.29, 1.82) is 0 Å². The van der Waals surface area contributed by atoms with Crippen molar-refractivity contribution >= 4 is 0 Å². The average Bonchev–Trinajstić information content (AvgIpc) is 2.50. The van der Waals surface area contributed by atoms with E-state index in [1.165, 1.54) is 51.4 Å². The third-order valence-corrected chi connectivity index (χ3v) is 3.72. The Bertz CT molecular complexity index is 355. The van der Waals surface area contributed by atoms with E-state index in [1.54, 1.807) is 0 Å². The van der Waals surface area contributed by atoms with Crippen LogP contribution >= 0.6 is 0 Å². The van der Waals surface area contributed by atoms with Crippen LogP contribution in [0.25, 0.3) is 0 Å². The van der Waals surface area contributed by atoms with Crippen LogP contribution in [0.1, 0.15) is 70.3 Å². The first-order valence-electron chi connectivity index (χ1n) is 8.52. The number of hydrazine groups is 1. The molecule has 0 amide bonds. The number of nitrogens with one attached hydrogen (secondary N) is 1. The van der Waals surface area contributed by atoms with Gasteiger partial charge in [0, 0.05) is 6.54 Å². The topological polar surface area (TPSA) is 47.3 Å². The molecule has 0 atom stereocenters. The Balaban J connectivity index is 1.97. The van der Waals surface area contributed by atoms with Crippen LogP contribution in [-0.2, 0) is 6.54 Å². The zero-order valence-corrected chi connectivity index (χ0v) is 13.6. The van der Waals surface area contributed by atoms with Gasteiger partial charge in [0.05, 0.1) is 6.61 Å². The van der Waals surface area contributed by atoms with Crippen molar-refractivity contribution in [3.63, 3.8) is 0 Å².